The van der Waals surface area contributed by atoms with Gasteiger partial charge >= 0.3 is 0 Å². The van der Waals surface area contributed by atoms with E-state index in [4.69, 9.17) is 11.5 Å². The van der Waals surface area contributed by atoms with Gasteiger partial charge in [0.05, 0.1) is 15.9 Å². The Morgan fingerprint density at radius 1 is 0.800 bits per heavy atom. The molecule has 0 radical (unpaired) electrons. The number of rotatable bonds is 2. The van der Waals surface area contributed by atoms with Gasteiger partial charge in [0.2, 0.25) is 0 Å². The molecule has 0 saturated carbocycles. The van der Waals surface area contributed by atoms with Gasteiger partial charge in [0, 0.05) is 24.8 Å². The van der Waals surface area contributed by atoms with E-state index < -0.39 is 21.2 Å². The molecule has 0 aliphatic rings. The van der Waals surface area contributed by atoms with Crippen molar-refractivity contribution in [2.75, 3.05) is 11.5 Å². The summed E-state index contributed by atoms with van der Waals surface area (Å²) in [5.74, 6) is 0. The fourth-order valence-electron chi connectivity index (χ4n) is 1.18. The summed E-state index contributed by atoms with van der Waals surface area (Å²) in [5, 5.41) is 20.7. The van der Waals surface area contributed by atoms with Crippen LogP contribution in [0.4, 0.5) is 22.7 Å². The van der Waals surface area contributed by atoms with Gasteiger partial charge in [-0.2, -0.15) is 0 Å². The molecule has 0 aliphatic heterocycles. The molecule has 2 rings (SSSR count). The Kier molecular flexibility index (Phi) is 4.86. The number of hydrogen-bond acceptors (Lipinski definition) is 8. The number of benzene rings is 1. The van der Waals surface area contributed by atoms with Gasteiger partial charge in [0.1, 0.15) is 11.4 Å². The molecule has 0 aliphatic carbocycles. The van der Waals surface area contributed by atoms with Crippen molar-refractivity contribution in [1.82, 2.24) is 9.97 Å². The Morgan fingerprint density at radius 2 is 1.15 bits per heavy atom. The van der Waals surface area contributed by atoms with Crippen LogP contribution in [0.5, 0.6) is 0 Å². The SMILES string of the molecule is Nc1cc(N)c([N+](=O)[O-])cc1[N+](=O)[O-].c1cnccn1. The third-order valence-electron chi connectivity index (χ3n) is 2.05. The van der Waals surface area contributed by atoms with E-state index in [1.165, 1.54) is 0 Å². The highest BCUT2D eigenvalue weighted by Crippen LogP contribution is 2.31. The molecule has 2 aromatic rings. The normalized spacial score (nSPS) is 9.20. The fraction of sp³-hybridized carbons (Fsp3) is 0. The van der Waals surface area contributed by atoms with Crippen LogP contribution in [-0.4, -0.2) is 19.8 Å². The van der Waals surface area contributed by atoms with Crippen molar-refractivity contribution >= 4 is 22.7 Å². The molecule has 0 atom stereocenters. The number of nitro groups is 2. The summed E-state index contributed by atoms with van der Waals surface area (Å²) in [6.07, 6.45) is 6.56. The van der Waals surface area contributed by atoms with Gasteiger partial charge in [-0.05, 0) is 6.07 Å². The standard InChI is InChI=1S/C6H6N4O4.C4H4N2/c7-3-1-4(8)6(10(13)14)2-5(3)9(11)12;1-2-6-4-3-5-1/h1-2H,7-8H2;1-4H. The smallest absolute Gasteiger partial charge is 0.299 e. The summed E-state index contributed by atoms with van der Waals surface area (Å²) >= 11 is 0. The molecular formula is C10H10N6O4. The van der Waals surface area contributed by atoms with Gasteiger partial charge in [-0.25, -0.2) is 0 Å². The lowest BCUT2D eigenvalue weighted by atomic mass is 10.2. The second-order valence-corrected chi connectivity index (χ2v) is 3.38. The van der Waals surface area contributed by atoms with Gasteiger partial charge in [-0.3, -0.25) is 30.2 Å². The van der Waals surface area contributed by atoms with Crippen LogP contribution in [0.3, 0.4) is 0 Å². The Labute approximate surface area is 112 Å². The lowest BCUT2D eigenvalue weighted by Crippen LogP contribution is -2.01. The molecule has 0 spiro atoms. The molecule has 20 heavy (non-hydrogen) atoms. The lowest BCUT2D eigenvalue weighted by Gasteiger charge is -1.99. The van der Waals surface area contributed by atoms with Crippen molar-refractivity contribution in [2.45, 2.75) is 0 Å². The van der Waals surface area contributed by atoms with Crippen LogP contribution in [0.1, 0.15) is 0 Å². The summed E-state index contributed by atoms with van der Waals surface area (Å²) in [6.45, 7) is 0. The van der Waals surface area contributed by atoms with Crippen LogP contribution in [0.2, 0.25) is 0 Å². The molecule has 0 saturated heterocycles. The number of nitrogens with two attached hydrogens (primary N) is 2. The van der Waals surface area contributed by atoms with E-state index in [2.05, 4.69) is 9.97 Å². The highest BCUT2D eigenvalue weighted by Gasteiger charge is 2.21. The molecule has 104 valence electrons. The van der Waals surface area contributed by atoms with Crippen LogP contribution in [0, 0.1) is 20.2 Å². The van der Waals surface area contributed by atoms with Crippen LogP contribution in [0.15, 0.2) is 36.9 Å². The topological polar surface area (TPSA) is 164 Å². The molecule has 0 bridgehead atoms. The summed E-state index contributed by atoms with van der Waals surface area (Å²) in [6, 6.07) is 1.74. The molecule has 0 unspecified atom stereocenters. The number of nitrogen functional groups attached to an aromatic ring is 2. The first-order valence-corrected chi connectivity index (χ1v) is 5.11. The highest BCUT2D eigenvalue weighted by molar-refractivity contribution is 5.73. The Hall–Kier alpha value is -3.30. The minimum absolute atomic E-state index is 0.196. The maximum absolute atomic E-state index is 10.4. The Bertz CT molecular complexity index is 557. The predicted molar refractivity (Wildman–Crippen MR) is 70.6 cm³/mol. The monoisotopic (exact) mass is 278 g/mol. The van der Waals surface area contributed by atoms with Crippen LogP contribution >= 0.6 is 0 Å². The second-order valence-electron chi connectivity index (χ2n) is 3.38. The number of nitro benzene ring substituents is 2. The zero-order valence-electron chi connectivity index (χ0n) is 10.0. The lowest BCUT2D eigenvalue weighted by molar-refractivity contribution is -0.393. The fourth-order valence-corrected chi connectivity index (χ4v) is 1.18. The number of hydrogen-bond donors (Lipinski definition) is 2. The van der Waals surface area contributed by atoms with E-state index in [-0.39, 0.29) is 11.4 Å². The minimum Gasteiger partial charge on any atom is -0.393 e. The van der Waals surface area contributed by atoms with Crippen LogP contribution in [-0.2, 0) is 0 Å². The van der Waals surface area contributed by atoms with Crippen molar-refractivity contribution in [3.8, 4) is 0 Å². The zero-order valence-corrected chi connectivity index (χ0v) is 10.0. The summed E-state index contributed by atoms with van der Waals surface area (Å²) in [5.41, 5.74) is 9.06. The van der Waals surface area contributed by atoms with Crippen molar-refractivity contribution < 1.29 is 9.85 Å². The molecule has 10 nitrogen and oxygen atoms in total. The molecule has 0 fully saturated rings. The van der Waals surface area contributed by atoms with E-state index >= 15 is 0 Å². The quantitative estimate of drug-likeness (QED) is 0.468. The molecular weight excluding hydrogens is 268 g/mol. The van der Waals surface area contributed by atoms with Gasteiger partial charge < -0.3 is 11.5 Å². The third-order valence-corrected chi connectivity index (χ3v) is 2.05. The average Bonchev–Trinajstić information content (AvgIpc) is 2.40. The van der Waals surface area contributed by atoms with E-state index in [0.29, 0.717) is 0 Å². The summed E-state index contributed by atoms with van der Waals surface area (Å²) in [7, 11) is 0. The Balaban J connectivity index is 0.000000276. The van der Waals surface area contributed by atoms with Crippen molar-refractivity contribution in [3.63, 3.8) is 0 Å². The molecule has 10 heteroatoms. The van der Waals surface area contributed by atoms with Gasteiger partial charge in [0.15, 0.2) is 0 Å². The average molecular weight is 278 g/mol. The maximum Gasteiger partial charge on any atom is 0.299 e. The van der Waals surface area contributed by atoms with Crippen LogP contribution < -0.4 is 11.5 Å². The predicted octanol–water partition coefficient (Wildman–Crippen LogP) is 1.14. The van der Waals surface area contributed by atoms with Crippen molar-refractivity contribution in [2.24, 2.45) is 0 Å². The summed E-state index contributed by atoms with van der Waals surface area (Å²) < 4.78 is 0. The van der Waals surface area contributed by atoms with E-state index in [9.17, 15) is 20.2 Å². The second kappa shape index (κ2) is 6.58. The first-order valence-electron chi connectivity index (χ1n) is 5.11. The van der Waals surface area contributed by atoms with Crippen molar-refractivity contribution in [1.29, 1.82) is 0 Å². The van der Waals surface area contributed by atoms with Gasteiger partial charge in [-0.1, -0.05) is 0 Å². The first kappa shape index (κ1) is 14.8. The summed E-state index contributed by atoms with van der Waals surface area (Å²) in [4.78, 5) is 26.6. The highest BCUT2D eigenvalue weighted by atomic mass is 16.6. The molecule has 1 aromatic carbocycles. The largest absolute Gasteiger partial charge is 0.393 e. The molecule has 1 heterocycles. The number of nitrogens with zero attached hydrogens (tertiary/aromatic N) is 4. The molecule has 4 N–H and O–H groups in total. The number of anilines is 2. The first-order chi connectivity index (χ1) is 9.43. The number of aromatic nitrogens is 2. The van der Waals surface area contributed by atoms with E-state index in [1.54, 1.807) is 24.8 Å². The molecule has 0 amide bonds. The van der Waals surface area contributed by atoms with Crippen LogP contribution in [0.25, 0.3) is 0 Å². The maximum atomic E-state index is 10.4. The van der Waals surface area contributed by atoms with E-state index in [1.807, 2.05) is 0 Å². The third kappa shape index (κ3) is 3.87. The van der Waals surface area contributed by atoms with Gasteiger partial charge in [0.25, 0.3) is 11.4 Å². The zero-order chi connectivity index (χ0) is 15.1. The minimum atomic E-state index is -0.804. The van der Waals surface area contributed by atoms with Gasteiger partial charge in [-0.15, -0.1) is 0 Å². The van der Waals surface area contributed by atoms with Crippen molar-refractivity contribution in [3.05, 3.63) is 57.1 Å². The Morgan fingerprint density at radius 3 is 1.40 bits per heavy atom. The van der Waals surface area contributed by atoms with E-state index in [0.717, 1.165) is 12.1 Å². The molecule has 1 aromatic heterocycles.